The van der Waals surface area contributed by atoms with Crippen LogP contribution in [0.5, 0.6) is 11.5 Å². The van der Waals surface area contributed by atoms with Crippen molar-refractivity contribution in [2.75, 3.05) is 31.6 Å². The highest BCUT2D eigenvalue weighted by molar-refractivity contribution is 7.92. The van der Waals surface area contributed by atoms with Gasteiger partial charge >= 0.3 is 0 Å². The quantitative estimate of drug-likeness (QED) is 0.378. The van der Waals surface area contributed by atoms with Crippen molar-refractivity contribution in [3.63, 3.8) is 0 Å². The number of anilines is 1. The topological polar surface area (TPSA) is 105 Å². The normalized spacial score (nSPS) is 13.3. The molecule has 1 heterocycles. The molecule has 0 aliphatic carbocycles. The Bertz CT molecular complexity index is 1470. The summed E-state index contributed by atoms with van der Waals surface area (Å²) in [5.74, 6) is 0.392. The van der Waals surface area contributed by atoms with Gasteiger partial charge in [-0.3, -0.25) is 13.9 Å². The number of nitrogens with zero attached hydrogens (tertiary/aromatic N) is 2. The molecule has 212 valence electrons. The fourth-order valence-corrected chi connectivity index (χ4v) is 6.18. The highest BCUT2D eigenvalue weighted by Crippen LogP contribution is 2.32. The lowest BCUT2D eigenvalue weighted by molar-refractivity contribution is -0.128. The Morgan fingerprint density at radius 1 is 0.925 bits per heavy atom. The Morgan fingerprint density at radius 3 is 2.17 bits per heavy atom. The van der Waals surface area contributed by atoms with Crippen LogP contribution in [0.25, 0.3) is 0 Å². The summed E-state index contributed by atoms with van der Waals surface area (Å²) in [5, 5.41) is 2.84. The van der Waals surface area contributed by atoms with Crippen LogP contribution in [0.15, 0.2) is 65.6 Å². The minimum absolute atomic E-state index is 0.0239. The largest absolute Gasteiger partial charge is 0.493 e. The van der Waals surface area contributed by atoms with E-state index in [0.717, 1.165) is 39.5 Å². The van der Waals surface area contributed by atoms with Crippen LogP contribution in [0.2, 0.25) is 0 Å². The molecule has 0 unspecified atom stereocenters. The van der Waals surface area contributed by atoms with Crippen LogP contribution in [0.3, 0.4) is 0 Å². The Kier molecular flexibility index (Phi) is 8.99. The van der Waals surface area contributed by atoms with Gasteiger partial charge in [-0.15, -0.1) is 0 Å². The smallest absolute Gasteiger partial charge is 0.264 e. The van der Waals surface area contributed by atoms with Gasteiger partial charge in [0.1, 0.15) is 6.54 Å². The molecule has 0 saturated carbocycles. The Labute approximate surface area is 235 Å². The number of carbonyl (C=O) groups excluding carboxylic acids is 2. The number of nitrogens with one attached hydrogen (secondary N) is 1. The molecule has 2 amide bonds. The van der Waals surface area contributed by atoms with Gasteiger partial charge in [0, 0.05) is 32.1 Å². The van der Waals surface area contributed by atoms with E-state index in [1.165, 1.54) is 32.4 Å². The number of rotatable bonds is 11. The van der Waals surface area contributed by atoms with Crippen LogP contribution in [0.1, 0.15) is 35.1 Å². The molecule has 0 atom stereocenters. The van der Waals surface area contributed by atoms with Crippen molar-refractivity contribution in [3.05, 3.63) is 82.9 Å². The van der Waals surface area contributed by atoms with Crippen LogP contribution in [0.4, 0.5) is 5.69 Å². The molecule has 0 spiro atoms. The number of likely N-dealkylation sites (tertiary alicyclic amines) is 1. The van der Waals surface area contributed by atoms with Crippen molar-refractivity contribution in [2.24, 2.45) is 0 Å². The van der Waals surface area contributed by atoms with Crippen LogP contribution < -0.4 is 19.1 Å². The van der Waals surface area contributed by atoms with Crippen LogP contribution >= 0.6 is 0 Å². The SMILES string of the molecule is COc1ccc(S(=O)(=O)N(CC(=O)NCc2ccc(CN3CCCC3=O)cc2)c2cc(C)cc(C)c2)cc1OC. The Balaban J connectivity index is 1.51. The van der Waals surface area contributed by atoms with E-state index < -0.39 is 22.5 Å². The number of methoxy groups -OCH3 is 2. The molecule has 40 heavy (non-hydrogen) atoms. The second kappa shape index (κ2) is 12.4. The van der Waals surface area contributed by atoms with E-state index >= 15 is 0 Å². The first kappa shape index (κ1) is 28.9. The van der Waals surface area contributed by atoms with Crippen molar-refractivity contribution in [1.82, 2.24) is 10.2 Å². The molecule has 1 aliphatic heterocycles. The molecule has 1 saturated heterocycles. The number of carbonyl (C=O) groups is 2. The monoisotopic (exact) mass is 565 g/mol. The number of benzene rings is 3. The number of hydrogen-bond donors (Lipinski definition) is 1. The first-order chi connectivity index (χ1) is 19.1. The summed E-state index contributed by atoms with van der Waals surface area (Å²) in [5.41, 5.74) is 4.03. The first-order valence-electron chi connectivity index (χ1n) is 13.1. The molecule has 1 N–H and O–H groups in total. The van der Waals surface area contributed by atoms with Crippen molar-refractivity contribution in [2.45, 2.75) is 44.7 Å². The standard InChI is InChI=1S/C30H35N3O6S/c1-21-14-22(2)16-25(15-21)33(40(36,37)26-11-12-27(38-3)28(17-26)39-4)20-29(34)31-18-23-7-9-24(10-8-23)19-32-13-5-6-30(32)35/h7-12,14-17H,5-6,13,18-20H2,1-4H3,(H,31,34). The minimum Gasteiger partial charge on any atom is -0.493 e. The predicted octanol–water partition coefficient (Wildman–Crippen LogP) is 3.95. The zero-order chi connectivity index (χ0) is 28.9. The van der Waals surface area contributed by atoms with Crippen molar-refractivity contribution in [1.29, 1.82) is 0 Å². The van der Waals surface area contributed by atoms with Crippen molar-refractivity contribution < 1.29 is 27.5 Å². The third kappa shape index (κ3) is 6.74. The molecule has 10 heteroatoms. The maximum Gasteiger partial charge on any atom is 0.264 e. The molecule has 3 aromatic rings. The van der Waals surface area contributed by atoms with E-state index in [2.05, 4.69) is 5.32 Å². The molecule has 0 aromatic heterocycles. The van der Waals surface area contributed by atoms with Crippen LogP contribution in [-0.4, -0.2) is 52.4 Å². The van der Waals surface area contributed by atoms with Crippen LogP contribution in [0, 0.1) is 13.8 Å². The number of aryl methyl sites for hydroxylation is 2. The molecule has 3 aromatic carbocycles. The van der Waals surface area contributed by atoms with E-state index in [1.807, 2.05) is 49.1 Å². The Hall–Kier alpha value is -4.05. The van der Waals surface area contributed by atoms with Gasteiger partial charge in [0.05, 0.1) is 24.8 Å². The second-order valence-electron chi connectivity index (χ2n) is 9.89. The predicted molar refractivity (Wildman–Crippen MR) is 153 cm³/mol. The molecule has 9 nitrogen and oxygen atoms in total. The summed E-state index contributed by atoms with van der Waals surface area (Å²) in [6.45, 7) is 4.93. The summed E-state index contributed by atoms with van der Waals surface area (Å²) in [7, 11) is -1.24. The van der Waals surface area contributed by atoms with Gasteiger partial charge in [-0.1, -0.05) is 30.3 Å². The average Bonchev–Trinajstić information content (AvgIpc) is 3.34. The fourth-order valence-electron chi connectivity index (χ4n) is 4.75. The fraction of sp³-hybridized carbons (Fsp3) is 0.333. The van der Waals surface area contributed by atoms with Crippen molar-refractivity contribution in [3.8, 4) is 11.5 Å². The van der Waals surface area contributed by atoms with E-state index in [-0.39, 0.29) is 23.1 Å². The lowest BCUT2D eigenvalue weighted by Crippen LogP contribution is -2.40. The highest BCUT2D eigenvalue weighted by atomic mass is 32.2. The summed E-state index contributed by atoms with van der Waals surface area (Å²) < 4.78 is 39.4. The summed E-state index contributed by atoms with van der Waals surface area (Å²) >= 11 is 0. The number of sulfonamides is 1. The van der Waals surface area contributed by atoms with Gasteiger partial charge in [-0.2, -0.15) is 0 Å². The molecule has 1 fully saturated rings. The molecular formula is C30H35N3O6S. The molecule has 0 bridgehead atoms. The Morgan fingerprint density at radius 2 is 1.57 bits per heavy atom. The molecule has 4 rings (SSSR count). The average molecular weight is 566 g/mol. The number of amides is 2. The zero-order valence-electron chi connectivity index (χ0n) is 23.3. The van der Waals surface area contributed by atoms with Gasteiger partial charge in [0.25, 0.3) is 10.0 Å². The molecular weight excluding hydrogens is 530 g/mol. The first-order valence-corrected chi connectivity index (χ1v) is 14.5. The third-order valence-corrected chi connectivity index (χ3v) is 8.55. The van der Waals surface area contributed by atoms with Gasteiger partial charge in [0.2, 0.25) is 11.8 Å². The van der Waals surface area contributed by atoms with E-state index in [9.17, 15) is 18.0 Å². The maximum absolute atomic E-state index is 13.9. The minimum atomic E-state index is -4.14. The lowest BCUT2D eigenvalue weighted by atomic mass is 10.1. The van der Waals surface area contributed by atoms with Gasteiger partial charge in [0.15, 0.2) is 11.5 Å². The van der Waals surface area contributed by atoms with E-state index in [4.69, 9.17) is 9.47 Å². The van der Waals surface area contributed by atoms with Gasteiger partial charge in [-0.25, -0.2) is 8.42 Å². The second-order valence-corrected chi connectivity index (χ2v) is 11.7. The van der Waals surface area contributed by atoms with Crippen molar-refractivity contribution >= 4 is 27.5 Å². The van der Waals surface area contributed by atoms with Crippen LogP contribution in [-0.2, 0) is 32.7 Å². The highest BCUT2D eigenvalue weighted by Gasteiger charge is 2.29. The van der Waals surface area contributed by atoms with E-state index in [1.54, 1.807) is 12.1 Å². The van der Waals surface area contributed by atoms with Gasteiger partial charge in [-0.05, 0) is 66.8 Å². The maximum atomic E-state index is 13.9. The number of hydrogen-bond acceptors (Lipinski definition) is 6. The third-order valence-electron chi connectivity index (χ3n) is 6.78. The number of ether oxygens (including phenoxy) is 2. The van der Waals surface area contributed by atoms with E-state index in [0.29, 0.717) is 24.4 Å². The zero-order valence-corrected chi connectivity index (χ0v) is 24.1. The molecule has 0 radical (unpaired) electrons. The summed E-state index contributed by atoms with van der Waals surface area (Å²) in [6.07, 6.45) is 1.49. The molecule has 1 aliphatic rings. The van der Waals surface area contributed by atoms with Gasteiger partial charge < -0.3 is 19.7 Å². The lowest BCUT2D eigenvalue weighted by Gasteiger charge is -2.25. The summed E-state index contributed by atoms with van der Waals surface area (Å²) in [4.78, 5) is 26.8. The summed E-state index contributed by atoms with van der Waals surface area (Å²) in [6, 6.07) is 17.4.